The van der Waals surface area contributed by atoms with Gasteiger partial charge in [-0.15, -0.1) is 0 Å². The minimum Gasteiger partial charge on any atom is -0.489 e. The summed E-state index contributed by atoms with van der Waals surface area (Å²) in [5, 5.41) is 3.39. The van der Waals surface area contributed by atoms with Gasteiger partial charge < -0.3 is 10.1 Å². The number of benzene rings is 1. The summed E-state index contributed by atoms with van der Waals surface area (Å²) < 4.78 is 5.66. The van der Waals surface area contributed by atoms with Crippen molar-refractivity contribution in [1.29, 1.82) is 0 Å². The minimum absolute atomic E-state index is 0.193. The van der Waals surface area contributed by atoms with Gasteiger partial charge in [0.05, 0.1) is 5.69 Å². The van der Waals surface area contributed by atoms with Crippen LogP contribution in [0.1, 0.15) is 31.9 Å². The van der Waals surface area contributed by atoms with Crippen molar-refractivity contribution in [2.45, 2.75) is 33.1 Å². The molecule has 0 unspecified atom stereocenters. The summed E-state index contributed by atoms with van der Waals surface area (Å²) in [4.78, 5) is 0. The molecule has 0 spiro atoms. The van der Waals surface area contributed by atoms with E-state index >= 15 is 0 Å². The Balaban J connectivity index is 2.50. The predicted octanol–water partition coefficient (Wildman–Crippen LogP) is 3.10. The average Bonchev–Trinajstić information content (AvgIpc) is 2.16. The van der Waals surface area contributed by atoms with Gasteiger partial charge in [-0.2, -0.15) is 0 Å². The van der Waals surface area contributed by atoms with E-state index in [1.165, 1.54) is 11.1 Å². The van der Waals surface area contributed by atoms with Crippen LogP contribution >= 0.6 is 0 Å². The van der Waals surface area contributed by atoms with Crippen LogP contribution in [0, 0.1) is 6.92 Å². The molecule has 0 amide bonds. The topological polar surface area (TPSA) is 21.3 Å². The molecule has 15 heavy (non-hydrogen) atoms. The fourth-order valence-corrected chi connectivity index (χ4v) is 1.87. The molecule has 1 heterocycles. The Kier molecular flexibility index (Phi) is 2.37. The van der Waals surface area contributed by atoms with Crippen LogP contribution in [0.4, 0.5) is 5.69 Å². The van der Waals surface area contributed by atoms with E-state index < -0.39 is 0 Å². The third kappa shape index (κ3) is 1.94. The van der Waals surface area contributed by atoms with Gasteiger partial charge in [-0.25, -0.2) is 0 Å². The summed E-state index contributed by atoms with van der Waals surface area (Å²) in [5.74, 6) is 1.02. The lowest BCUT2D eigenvalue weighted by atomic mass is 9.85. The lowest BCUT2D eigenvalue weighted by Crippen LogP contribution is -2.20. The highest BCUT2D eigenvalue weighted by Crippen LogP contribution is 2.36. The lowest BCUT2D eigenvalue weighted by molar-refractivity contribution is 0.320. The highest BCUT2D eigenvalue weighted by atomic mass is 16.5. The molecule has 1 N–H and O–H groups in total. The maximum atomic E-state index is 5.66. The van der Waals surface area contributed by atoms with Gasteiger partial charge in [0.1, 0.15) is 12.4 Å². The van der Waals surface area contributed by atoms with E-state index in [4.69, 9.17) is 4.74 Å². The number of hydrogen-bond acceptors (Lipinski definition) is 2. The van der Waals surface area contributed by atoms with Gasteiger partial charge in [-0.1, -0.05) is 26.8 Å². The first kappa shape index (κ1) is 10.3. The van der Waals surface area contributed by atoms with Crippen molar-refractivity contribution in [2.75, 3.05) is 18.5 Å². The highest BCUT2D eigenvalue weighted by Gasteiger charge is 2.19. The zero-order chi connectivity index (χ0) is 11.1. The summed E-state index contributed by atoms with van der Waals surface area (Å²) in [5.41, 5.74) is 3.92. The van der Waals surface area contributed by atoms with E-state index in [9.17, 15) is 0 Å². The van der Waals surface area contributed by atoms with Crippen molar-refractivity contribution in [3.8, 4) is 5.75 Å². The molecular formula is C13H19NO. The Morgan fingerprint density at radius 1 is 1.27 bits per heavy atom. The lowest BCUT2D eigenvalue weighted by Gasteiger charge is -2.26. The van der Waals surface area contributed by atoms with Crippen LogP contribution in [0.15, 0.2) is 12.1 Å². The fourth-order valence-electron chi connectivity index (χ4n) is 1.87. The second-order valence-electron chi connectivity index (χ2n) is 5.20. The Hall–Kier alpha value is -1.18. The van der Waals surface area contributed by atoms with Crippen LogP contribution in [-0.2, 0) is 5.41 Å². The summed E-state index contributed by atoms with van der Waals surface area (Å²) in [7, 11) is 0. The summed E-state index contributed by atoms with van der Waals surface area (Å²) in [6, 6.07) is 4.44. The monoisotopic (exact) mass is 205 g/mol. The number of ether oxygens (including phenoxy) is 1. The van der Waals surface area contributed by atoms with Crippen LogP contribution in [0.25, 0.3) is 0 Å². The van der Waals surface area contributed by atoms with Crippen LogP contribution in [-0.4, -0.2) is 13.2 Å². The molecule has 0 aromatic heterocycles. The molecule has 2 heteroatoms. The van der Waals surface area contributed by atoms with Crippen LogP contribution in [0.5, 0.6) is 5.75 Å². The summed E-state index contributed by atoms with van der Waals surface area (Å²) >= 11 is 0. The fraction of sp³-hybridized carbons (Fsp3) is 0.538. The zero-order valence-corrected chi connectivity index (χ0v) is 9.98. The third-order valence-corrected chi connectivity index (χ3v) is 2.80. The number of rotatable bonds is 0. The van der Waals surface area contributed by atoms with Gasteiger partial charge in [0, 0.05) is 6.54 Å². The molecule has 0 radical (unpaired) electrons. The van der Waals surface area contributed by atoms with Crippen LogP contribution in [0.2, 0.25) is 0 Å². The van der Waals surface area contributed by atoms with Crippen LogP contribution in [0.3, 0.4) is 0 Å². The molecule has 1 aliphatic heterocycles. The molecule has 1 aromatic rings. The van der Waals surface area contributed by atoms with Crippen molar-refractivity contribution in [2.24, 2.45) is 0 Å². The summed E-state index contributed by atoms with van der Waals surface area (Å²) in [6.07, 6.45) is 0. The van der Waals surface area contributed by atoms with Crippen molar-refractivity contribution in [3.63, 3.8) is 0 Å². The second-order valence-corrected chi connectivity index (χ2v) is 5.20. The SMILES string of the molecule is Cc1cc(C(C)(C)C)cc2c1OCCN2. The van der Waals surface area contributed by atoms with Gasteiger partial charge in [0.25, 0.3) is 0 Å². The van der Waals surface area contributed by atoms with E-state index in [2.05, 4.69) is 45.1 Å². The van der Waals surface area contributed by atoms with Gasteiger partial charge >= 0.3 is 0 Å². The van der Waals surface area contributed by atoms with Crippen molar-refractivity contribution in [1.82, 2.24) is 0 Å². The number of hydrogen-bond donors (Lipinski definition) is 1. The quantitative estimate of drug-likeness (QED) is 0.702. The van der Waals surface area contributed by atoms with Crippen molar-refractivity contribution in [3.05, 3.63) is 23.3 Å². The molecule has 0 aliphatic carbocycles. The summed E-state index contributed by atoms with van der Waals surface area (Å²) in [6.45, 7) is 10.5. The minimum atomic E-state index is 0.193. The smallest absolute Gasteiger partial charge is 0.145 e. The molecule has 0 fully saturated rings. The zero-order valence-electron chi connectivity index (χ0n) is 9.98. The number of aryl methyl sites for hydroxylation is 1. The average molecular weight is 205 g/mol. The molecule has 82 valence electrons. The Labute approximate surface area is 91.6 Å². The first-order chi connectivity index (χ1) is 6.98. The van der Waals surface area contributed by atoms with Gasteiger partial charge in [-0.05, 0) is 29.5 Å². The largest absolute Gasteiger partial charge is 0.489 e. The number of nitrogens with one attached hydrogen (secondary N) is 1. The highest BCUT2D eigenvalue weighted by molar-refractivity contribution is 5.63. The second kappa shape index (κ2) is 3.44. The van der Waals surface area contributed by atoms with E-state index in [0.717, 1.165) is 24.6 Å². The van der Waals surface area contributed by atoms with E-state index in [-0.39, 0.29) is 5.41 Å². The molecule has 1 aromatic carbocycles. The van der Waals surface area contributed by atoms with E-state index in [0.29, 0.717) is 0 Å². The van der Waals surface area contributed by atoms with Crippen molar-refractivity contribution >= 4 is 5.69 Å². The Morgan fingerprint density at radius 3 is 2.67 bits per heavy atom. The molecule has 2 nitrogen and oxygen atoms in total. The first-order valence-corrected chi connectivity index (χ1v) is 5.50. The van der Waals surface area contributed by atoms with Gasteiger partial charge in [-0.3, -0.25) is 0 Å². The predicted molar refractivity (Wildman–Crippen MR) is 63.9 cm³/mol. The Bertz CT molecular complexity index is 377. The molecule has 0 saturated heterocycles. The standard InChI is InChI=1S/C13H19NO/c1-9-7-10(13(2,3)4)8-11-12(9)15-6-5-14-11/h7-8,14H,5-6H2,1-4H3. The molecule has 1 aliphatic rings. The third-order valence-electron chi connectivity index (χ3n) is 2.80. The molecule has 0 atom stereocenters. The van der Waals surface area contributed by atoms with Gasteiger partial charge in [0.2, 0.25) is 0 Å². The molecule has 0 saturated carbocycles. The normalized spacial score (nSPS) is 15.2. The number of fused-ring (bicyclic) bond motifs is 1. The van der Waals surface area contributed by atoms with E-state index in [1.54, 1.807) is 0 Å². The first-order valence-electron chi connectivity index (χ1n) is 5.50. The maximum absolute atomic E-state index is 5.66. The Morgan fingerprint density at radius 2 is 2.00 bits per heavy atom. The van der Waals surface area contributed by atoms with E-state index in [1.807, 2.05) is 0 Å². The van der Waals surface area contributed by atoms with Crippen molar-refractivity contribution < 1.29 is 4.74 Å². The number of anilines is 1. The van der Waals surface area contributed by atoms with Gasteiger partial charge in [0.15, 0.2) is 0 Å². The molecule has 0 bridgehead atoms. The van der Waals surface area contributed by atoms with Crippen LogP contribution < -0.4 is 10.1 Å². The molecule has 2 rings (SSSR count). The molecular weight excluding hydrogens is 186 g/mol. The maximum Gasteiger partial charge on any atom is 0.145 e.